The summed E-state index contributed by atoms with van der Waals surface area (Å²) in [6.07, 6.45) is 3.50. The van der Waals surface area contributed by atoms with E-state index in [1.807, 2.05) is 30.3 Å². The van der Waals surface area contributed by atoms with Crippen molar-refractivity contribution in [3.8, 4) is 12.1 Å². The van der Waals surface area contributed by atoms with Crippen molar-refractivity contribution in [2.75, 3.05) is 68.9 Å². The summed E-state index contributed by atoms with van der Waals surface area (Å²) < 4.78 is 25.8. The first-order valence-corrected chi connectivity index (χ1v) is 17.9. The minimum atomic E-state index is -1.04. The number of benzene rings is 2. The van der Waals surface area contributed by atoms with Gasteiger partial charge in [-0.05, 0) is 49.7 Å². The molecule has 0 aliphatic carbocycles. The van der Waals surface area contributed by atoms with Crippen LogP contribution in [-0.2, 0) is 27.3 Å². The van der Waals surface area contributed by atoms with Crippen molar-refractivity contribution in [1.29, 1.82) is 5.26 Å². The normalized spacial score (nSPS) is 19.2. The molecule has 2 aromatic carbocycles. The van der Waals surface area contributed by atoms with Gasteiger partial charge in [0.1, 0.15) is 12.4 Å². The molecule has 3 aliphatic heterocycles. The zero-order chi connectivity index (χ0) is 35.9. The number of anilines is 2. The molecule has 6 rings (SSSR count). The maximum atomic E-state index is 13.9. The van der Waals surface area contributed by atoms with Crippen molar-refractivity contribution in [2.45, 2.75) is 57.2 Å². The number of halogens is 2. The third-order valence-corrected chi connectivity index (χ3v) is 10.2. The molecule has 0 spiro atoms. The van der Waals surface area contributed by atoms with Gasteiger partial charge >= 0.3 is 12.0 Å². The maximum absolute atomic E-state index is 13.9. The van der Waals surface area contributed by atoms with Crippen LogP contribution in [0.4, 0.5) is 15.9 Å². The quantitative estimate of drug-likeness (QED) is 0.179. The van der Waals surface area contributed by atoms with Crippen molar-refractivity contribution in [2.24, 2.45) is 0 Å². The molecular formula is C37H43ClFN7O5. The molecule has 2 saturated heterocycles. The number of carboxylic acid groups (broad SMARTS) is 1. The second kappa shape index (κ2) is 16.7. The second-order valence-corrected chi connectivity index (χ2v) is 13.6. The van der Waals surface area contributed by atoms with E-state index in [-0.39, 0.29) is 38.0 Å². The number of hydrogen-bond acceptors (Lipinski definition) is 10. The number of amides is 1. The minimum Gasteiger partial charge on any atom is -0.481 e. The summed E-state index contributed by atoms with van der Waals surface area (Å²) in [5.74, 6) is -1.99. The number of likely N-dealkylation sites (tertiary alicyclic amines) is 1. The number of aliphatic carboxylic acids is 1. The molecule has 270 valence electrons. The lowest BCUT2D eigenvalue weighted by Crippen LogP contribution is -2.55. The molecule has 1 aromatic heterocycles. The van der Waals surface area contributed by atoms with E-state index in [2.05, 4.69) is 33.4 Å². The summed E-state index contributed by atoms with van der Waals surface area (Å²) in [5.41, 5.74) is 2.84. The molecule has 2 fully saturated rings. The van der Waals surface area contributed by atoms with Gasteiger partial charge in [-0.2, -0.15) is 15.2 Å². The van der Waals surface area contributed by atoms with E-state index in [4.69, 9.17) is 36.1 Å². The highest BCUT2D eigenvalue weighted by Gasteiger charge is 2.35. The van der Waals surface area contributed by atoms with Crippen LogP contribution in [0.2, 0.25) is 5.02 Å². The lowest BCUT2D eigenvalue weighted by molar-refractivity contribution is -0.138. The number of nitrogens with zero attached hydrogens (tertiary/aromatic N) is 7. The van der Waals surface area contributed by atoms with Crippen molar-refractivity contribution in [3.63, 3.8) is 0 Å². The van der Waals surface area contributed by atoms with Gasteiger partial charge in [-0.3, -0.25) is 14.5 Å². The van der Waals surface area contributed by atoms with Crippen LogP contribution in [0.1, 0.15) is 43.4 Å². The second-order valence-electron chi connectivity index (χ2n) is 13.2. The standard InChI is InChI=1S/C37H43ClFN7O5/c1-25(39)36(49)46-19-18-45(22-27(46)11-14-40)35-29-12-17-44(32-10-3-7-26-6-2-9-30(38)34(26)32)23-31(29)41-37(42-35)51-24-28-8-4-15-43(28)16-5-20-50-21-13-33(47)48/h2-3,6-7,9-10,27-28H,1,4-5,8,11-13,15-24H2,(H,47,48)/t27-,28-/m0/s1. The molecule has 3 aromatic rings. The number of fused-ring (bicyclic) bond motifs is 2. The molecule has 51 heavy (non-hydrogen) atoms. The summed E-state index contributed by atoms with van der Waals surface area (Å²) in [4.78, 5) is 41.4. The fraction of sp³-hybridized carbons (Fsp3) is 0.486. The highest BCUT2D eigenvalue weighted by molar-refractivity contribution is 6.36. The average molecular weight is 720 g/mol. The third-order valence-electron chi connectivity index (χ3n) is 9.90. The van der Waals surface area contributed by atoms with Crippen molar-refractivity contribution < 1.29 is 28.6 Å². The molecule has 0 radical (unpaired) electrons. The molecule has 4 heterocycles. The predicted octanol–water partition coefficient (Wildman–Crippen LogP) is 4.98. The van der Waals surface area contributed by atoms with Crippen LogP contribution in [0, 0.1) is 11.3 Å². The van der Waals surface area contributed by atoms with E-state index >= 15 is 0 Å². The van der Waals surface area contributed by atoms with E-state index in [1.165, 1.54) is 4.90 Å². The summed E-state index contributed by atoms with van der Waals surface area (Å²) in [6.45, 7) is 8.19. The van der Waals surface area contributed by atoms with E-state index in [9.17, 15) is 19.2 Å². The van der Waals surface area contributed by atoms with Crippen LogP contribution < -0.4 is 14.5 Å². The number of ether oxygens (including phenoxy) is 2. The Bertz CT molecular complexity index is 1800. The van der Waals surface area contributed by atoms with Gasteiger partial charge < -0.3 is 29.3 Å². The van der Waals surface area contributed by atoms with E-state index in [0.717, 1.165) is 60.1 Å². The molecule has 0 unspecified atom stereocenters. The first-order chi connectivity index (χ1) is 24.7. The third kappa shape index (κ3) is 8.52. The Labute approximate surface area is 302 Å². The Morgan fingerprint density at radius 2 is 1.90 bits per heavy atom. The Morgan fingerprint density at radius 3 is 2.69 bits per heavy atom. The Kier molecular flexibility index (Phi) is 11.9. The summed E-state index contributed by atoms with van der Waals surface area (Å²) in [7, 11) is 0. The van der Waals surface area contributed by atoms with Crippen LogP contribution in [0.15, 0.2) is 48.8 Å². The van der Waals surface area contributed by atoms with Crippen LogP contribution in [0.25, 0.3) is 10.8 Å². The van der Waals surface area contributed by atoms with E-state index in [0.29, 0.717) is 56.7 Å². The van der Waals surface area contributed by atoms with Gasteiger partial charge in [0.25, 0.3) is 5.91 Å². The fourth-order valence-electron chi connectivity index (χ4n) is 7.39. The summed E-state index contributed by atoms with van der Waals surface area (Å²) >= 11 is 6.72. The van der Waals surface area contributed by atoms with Gasteiger partial charge in [-0.15, -0.1) is 0 Å². The van der Waals surface area contributed by atoms with Crippen LogP contribution in [-0.4, -0.2) is 108 Å². The number of carbonyl (C=O) groups excluding carboxylic acids is 1. The molecule has 0 bridgehead atoms. The highest BCUT2D eigenvalue weighted by atomic mass is 35.5. The van der Waals surface area contributed by atoms with Crippen LogP contribution in [0.5, 0.6) is 6.01 Å². The molecule has 0 saturated carbocycles. The molecule has 1 amide bonds. The van der Waals surface area contributed by atoms with Gasteiger partial charge in [0.15, 0.2) is 5.83 Å². The fourth-order valence-corrected chi connectivity index (χ4v) is 7.67. The monoisotopic (exact) mass is 719 g/mol. The van der Waals surface area contributed by atoms with Gasteiger partial charge in [0.05, 0.1) is 48.8 Å². The lowest BCUT2D eigenvalue weighted by Gasteiger charge is -2.42. The Morgan fingerprint density at radius 1 is 1.08 bits per heavy atom. The SMILES string of the molecule is C=C(F)C(=O)N1CCN(c2nc(OC[C@@H]3CCCN3CCCOCCC(=O)O)nc3c2CCN(c2cccc4cccc(Cl)c24)C3)C[C@@H]1CC#N. The van der Waals surface area contributed by atoms with Crippen molar-refractivity contribution in [1.82, 2.24) is 19.8 Å². The van der Waals surface area contributed by atoms with E-state index < -0.39 is 23.7 Å². The topological polar surface area (TPSA) is 135 Å². The minimum absolute atomic E-state index is 0.00342. The lowest BCUT2D eigenvalue weighted by atomic mass is 10.0. The van der Waals surface area contributed by atoms with Gasteiger partial charge in [-0.25, -0.2) is 4.39 Å². The first kappa shape index (κ1) is 36.3. The number of rotatable bonds is 14. The Balaban J connectivity index is 1.24. The van der Waals surface area contributed by atoms with E-state index in [1.54, 1.807) is 0 Å². The number of carbonyl (C=O) groups is 2. The number of nitriles is 1. The summed E-state index contributed by atoms with van der Waals surface area (Å²) in [6, 6.07) is 14.1. The molecule has 12 nitrogen and oxygen atoms in total. The highest BCUT2D eigenvalue weighted by Crippen LogP contribution is 2.37. The first-order valence-electron chi connectivity index (χ1n) is 17.5. The summed E-state index contributed by atoms with van der Waals surface area (Å²) in [5, 5.41) is 21.1. The molecule has 14 heteroatoms. The number of carboxylic acids is 1. The molecular weight excluding hydrogens is 677 g/mol. The predicted molar refractivity (Wildman–Crippen MR) is 192 cm³/mol. The average Bonchev–Trinajstić information content (AvgIpc) is 3.58. The van der Waals surface area contributed by atoms with Crippen molar-refractivity contribution >= 4 is 45.8 Å². The molecule has 2 atom stereocenters. The van der Waals surface area contributed by atoms with Crippen molar-refractivity contribution in [3.05, 3.63) is 65.1 Å². The largest absolute Gasteiger partial charge is 0.481 e. The van der Waals surface area contributed by atoms with Gasteiger partial charge in [0.2, 0.25) is 0 Å². The van der Waals surface area contributed by atoms with Gasteiger partial charge in [-0.1, -0.05) is 42.4 Å². The smallest absolute Gasteiger partial charge is 0.318 e. The zero-order valence-electron chi connectivity index (χ0n) is 28.6. The van der Waals surface area contributed by atoms with Crippen LogP contribution >= 0.6 is 11.6 Å². The number of aromatic nitrogens is 2. The number of piperazine rings is 1. The van der Waals surface area contributed by atoms with Crippen LogP contribution in [0.3, 0.4) is 0 Å². The van der Waals surface area contributed by atoms with Gasteiger partial charge in [0, 0.05) is 62.0 Å². The molecule has 1 N–H and O–H groups in total. The molecule has 3 aliphatic rings. The zero-order valence-corrected chi connectivity index (χ0v) is 29.4. The maximum Gasteiger partial charge on any atom is 0.318 e. The Hall–Kier alpha value is -4.51. The number of hydrogen-bond donors (Lipinski definition) is 1.